The van der Waals surface area contributed by atoms with Crippen molar-refractivity contribution in [2.75, 3.05) is 4.90 Å². The van der Waals surface area contributed by atoms with Gasteiger partial charge in [0.1, 0.15) is 17.2 Å². The quantitative estimate of drug-likeness (QED) is 0.179. The summed E-state index contributed by atoms with van der Waals surface area (Å²) in [6.07, 6.45) is 0. The second kappa shape index (κ2) is 11.9. The first kappa shape index (κ1) is 28.7. The van der Waals surface area contributed by atoms with Gasteiger partial charge in [-0.2, -0.15) is 0 Å². The maximum absolute atomic E-state index is 6.36. The van der Waals surface area contributed by atoms with Crippen LogP contribution in [0.25, 0.3) is 44.2 Å². The summed E-state index contributed by atoms with van der Waals surface area (Å²) in [5, 5.41) is 2.22. The summed E-state index contributed by atoms with van der Waals surface area (Å²) >= 11 is 0. The van der Waals surface area contributed by atoms with Gasteiger partial charge in [-0.1, -0.05) is 109 Å². The van der Waals surface area contributed by atoms with Crippen LogP contribution in [0.4, 0.5) is 17.1 Å². The van der Waals surface area contributed by atoms with Gasteiger partial charge in [-0.25, -0.2) is 4.99 Å². The fourth-order valence-electron chi connectivity index (χ4n) is 6.98. The average Bonchev–Trinajstić information content (AvgIpc) is 3.54. The van der Waals surface area contributed by atoms with Gasteiger partial charge in [0, 0.05) is 39.5 Å². The molecule has 4 heteroatoms. The number of hydrogen-bond acceptors (Lipinski definition) is 4. The fraction of sp³-hybridized carbons (Fsp3) is 0.0222. The number of amidine groups is 1. The van der Waals surface area contributed by atoms with Crippen molar-refractivity contribution >= 4 is 51.6 Å². The first-order valence-electron chi connectivity index (χ1n) is 16.4. The van der Waals surface area contributed by atoms with Crippen LogP contribution in [-0.2, 0) is 0 Å². The van der Waals surface area contributed by atoms with Crippen molar-refractivity contribution in [3.05, 3.63) is 187 Å². The molecule has 0 N–H and O–H groups in total. The second-order valence-electron chi connectivity index (χ2n) is 12.3. The minimum absolute atomic E-state index is 0.267. The molecule has 2 heterocycles. The molecule has 8 aromatic rings. The van der Waals surface area contributed by atoms with Crippen LogP contribution in [0, 0.1) is 0 Å². The number of anilines is 3. The predicted octanol–water partition coefficient (Wildman–Crippen LogP) is 11.9. The lowest BCUT2D eigenvalue weighted by atomic mass is 9.94. The Hall–Kier alpha value is -6.52. The molecule has 0 saturated heterocycles. The zero-order chi connectivity index (χ0) is 32.7. The van der Waals surface area contributed by atoms with Crippen molar-refractivity contribution in [1.82, 2.24) is 0 Å². The molecule has 0 radical (unpaired) electrons. The zero-order valence-electron chi connectivity index (χ0n) is 26.7. The van der Waals surface area contributed by atoms with Crippen LogP contribution in [0.5, 0.6) is 0 Å². The molecule has 0 amide bonds. The molecule has 0 spiro atoms. The number of hydrogen-bond donors (Lipinski definition) is 0. The molecule has 0 fully saturated rings. The van der Waals surface area contributed by atoms with E-state index < -0.39 is 0 Å². The van der Waals surface area contributed by atoms with Crippen molar-refractivity contribution in [3.8, 4) is 22.3 Å². The summed E-state index contributed by atoms with van der Waals surface area (Å²) in [6, 6.07) is 59.3. The van der Waals surface area contributed by atoms with Crippen LogP contribution < -0.4 is 4.90 Å². The van der Waals surface area contributed by atoms with Crippen molar-refractivity contribution < 1.29 is 4.42 Å². The normalized spacial score (nSPS) is 14.1. The molecule has 1 aliphatic rings. The zero-order valence-corrected chi connectivity index (χ0v) is 26.7. The highest BCUT2D eigenvalue weighted by atomic mass is 16.3. The SMILES string of the molecule is C=NC1=NC(c2ccccc2)c2cccc(c2)-c2cccc(c2)N(c2ccc3c(c2)oc2ccccc23)c2cccc(c2)-c2cccc1c2. The van der Waals surface area contributed by atoms with E-state index in [4.69, 9.17) is 9.41 Å². The number of nitrogens with zero attached hydrogens (tertiary/aromatic N) is 3. The summed E-state index contributed by atoms with van der Waals surface area (Å²) in [6.45, 7) is 3.95. The van der Waals surface area contributed by atoms with Crippen molar-refractivity contribution in [2.45, 2.75) is 6.04 Å². The summed E-state index contributed by atoms with van der Waals surface area (Å²) in [5.74, 6) is 0.604. The summed E-state index contributed by atoms with van der Waals surface area (Å²) in [4.78, 5) is 12.0. The average molecular weight is 630 g/mol. The van der Waals surface area contributed by atoms with E-state index >= 15 is 0 Å². The van der Waals surface area contributed by atoms with Crippen molar-refractivity contribution in [1.29, 1.82) is 0 Å². The molecule has 232 valence electrons. The predicted molar refractivity (Wildman–Crippen MR) is 204 cm³/mol. The molecule has 7 aromatic carbocycles. The standard InChI is InChI=1S/C45H31N3O/c1-46-45-36-18-8-14-32(26-36)34-16-10-20-38(28-34)48(39-23-24-41-40-21-5-6-22-42(40)49-43(41)29-39)37-19-9-15-33(27-37)31-13-7-17-35(25-31)44(47-45)30-11-3-2-4-12-30/h2-29,44H,1H2. The molecule has 1 unspecified atom stereocenters. The Morgan fingerprint density at radius 2 is 1.04 bits per heavy atom. The molecule has 49 heavy (non-hydrogen) atoms. The van der Waals surface area contributed by atoms with Gasteiger partial charge in [0.15, 0.2) is 5.84 Å². The van der Waals surface area contributed by atoms with E-state index in [1.165, 1.54) is 0 Å². The monoisotopic (exact) mass is 629 g/mol. The maximum Gasteiger partial charge on any atom is 0.154 e. The van der Waals surface area contributed by atoms with Gasteiger partial charge >= 0.3 is 0 Å². The number of para-hydroxylation sites is 1. The highest BCUT2D eigenvalue weighted by Gasteiger charge is 2.20. The molecule has 0 aliphatic carbocycles. The Morgan fingerprint density at radius 3 is 1.80 bits per heavy atom. The molecular weight excluding hydrogens is 599 g/mol. The number of aliphatic imine (C=N–C) groups is 2. The number of furan rings is 1. The fourth-order valence-corrected chi connectivity index (χ4v) is 6.98. The van der Waals surface area contributed by atoms with E-state index in [1.807, 2.05) is 18.2 Å². The van der Waals surface area contributed by atoms with Gasteiger partial charge in [0.2, 0.25) is 0 Å². The number of rotatable bonds is 2. The molecule has 1 aliphatic heterocycles. The number of benzene rings is 7. The van der Waals surface area contributed by atoms with Crippen molar-refractivity contribution in [2.24, 2.45) is 9.98 Å². The lowest BCUT2D eigenvalue weighted by Gasteiger charge is -2.26. The Labute approximate surface area is 285 Å². The highest BCUT2D eigenvalue weighted by molar-refractivity contribution is 6.06. The van der Waals surface area contributed by atoms with E-state index in [2.05, 4.69) is 168 Å². The van der Waals surface area contributed by atoms with Crippen LogP contribution in [0.1, 0.15) is 22.7 Å². The van der Waals surface area contributed by atoms with E-state index in [0.29, 0.717) is 5.84 Å². The number of fused-ring (bicyclic) bond motifs is 13. The molecule has 1 atom stereocenters. The summed E-state index contributed by atoms with van der Waals surface area (Å²) in [7, 11) is 0. The van der Waals surface area contributed by atoms with Gasteiger partial charge in [-0.3, -0.25) is 4.99 Å². The Kier molecular flexibility index (Phi) is 6.98. The molecule has 9 rings (SSSR count). The van der Waals surface area contributed by atoms with Crippen LogP contribution in [-0.4, -0.2) is 12.6 Å². The molecule has 1 aromatic heterocycles. The second-order valence-corrected chi connectivity index (χ2v) is 12.3. The van der Waals surface area contributed by atoms with Gasteiger partial charge in [0.05, 0.1) is 0 Å². The smallest absolute Gasteiger partial charge is 0.154 e. The van der Waals surface area contributed by atoms with E-state index in [-0.39, 0.29) is 6.04 Å². The largest absolute Gasteiger partial charge is 0.456 e. The lowest BCUT2D eigenvalue weighted by Crippen LogP contribution is -2.10. The summed E-state index contributed by atoms with van der Waals surface area (Å²) in [5.41, 5.74) is 12.3. The van der Waals surface area contributed by atoms with Gasteiger partial charge in [-0.15, -0.1) is 0 Å². The highest BCUT2D eigenvalue weighted by Crippen LogP contribution is 2.41. The van der Waals surface area contributed by atoms with E-state index in [0.717, 1.165) is 77.9 Å². The molecule has 8 bridgehead atoms. The first-order chi connectivity index (χ1) is 24.2. The third-order valence-corrected chi connectivity index (χ3v) is 9.34. The Morgan fingerprint density at radius 1 is 0.469 bits per heavy atom. The molecular formula is C45H31N3O. The van der Waals surface area contributed by atoms with Crippen LogP contribution in [0.15, 0.2) is 184 Å². The molecule has 0 saturated carbocycles. The lowest BCUT2D eigenvalue weighted by molar-refractivity contribution is 0.669. The van der Waals surface area contributed by atoms with Gasteiger partial charge < -0.3 is 9.32 Å². The first-order valence-corrected chi connectivity index (χ1v) is 16.4. The van der Waals surface area contributed by atoms with Crippen molar-refractivity contribution in [3.63, 3.8) is 0 Å². The Bertz CT molecular complexity index is 2550. The third kappa shape index (κ3) is 5.20. The molecule has 4 nitrogen and oxygen atoms in total. The summed E-state index contributed by atoms with van der Waals surface area (Å²) < 4.78 is 6.36. The van der Waals surface area contributed by atoms with Gasteiger partial charge in [0.25, 0.3) is 0 Å². The third-order valence-electron chi connectivity index (χ3n) is 9.34. The maximum atomic E-state index is 6.36. The minimum atomic E-state index is -0.267. The topological polar surface area (TPSA) is 41.1 Å². The minimum Gasteiger partial charge on any atom is -0.456 e. The van der Waals surface area contributed by atoms with Crippen LogP contribution in [0.2, 0.25) is 0 Å². The van der Waals surface area contributed by atoms with Gasteiger partial charge in [-0.05, 0) is 94.7 Å². The van der Waals surface area contributed by atoms with E-state index in [1.54, 1.807) is 0 Å². The van der Waals surface area contributed by atoms with Crippen LogP contribution in [0.3, 0.4) is 0 Å². The van der Waals surface area contributed by atoms with E-state index in [9.17, 15) is 0 Å². The van der Waals surface area contributed by atoms with Crippen LogP contribution >= 0.6 is 0 Å². The Balaban J connectivity index is 1.30.